The first-order valence-electron chi connectivity index (χ1n) is 7.92. The lowest BCUT2D eigenvalue weighted by Gasteiger charge is -2.09. The molecule has 5 nitrogen and oxygen atoms in total. The van der Waals surface area contributed by atoms with Gasteiger partial charge in [0.05, 0.1) is 25.3 Å². The van der Waals surface area contributed by atoms with Gasteiger partial charge in [0.15, 0.2) is 4.32 Å². The van der Waals surface area contributed by atoms with Gasteiger partial charge >= 0.3 is 0 Å². The van der Waals surface area contributed by atoms with Crippen molar-refractivity contribution in [1.82, 2.24) is 5.01 Å². The summed E-state index contributed by atoms with van der Waals surface area (Å²) in [6.45, 7) is 0. The van der Waals surface area contributed by atoms with Crippen LogP contribution >= 0.6 is 47.2 Å². The Balaban J connectivity index is 1.87. The van der Waals surface area contributed by atoms with Gasteiger partial charge < -0.3 is 9.47 Å². The van der Waals surface area contributed by atoms with Crippen LogP contribution < -0.4 is 9.47 Å². The van der Waals surface area contributed by atoms with Crippen molar-refractivity contribution in [2.24, 2.45) is 5.10 Å². The summed E-state index contributed by atoms with van der Waals surface area (Å²) in [5, 5.41) is 6.28. The average Bonchev–Trinajstić information content (AvgIpc) is 2.96. The maximum absolute atomic E-state index is 12.7. The molecule has 0 aliphatic carbocycles. The molecule has 2 aromatic rings. The number of amides is 1. The SMILES string of the molecule is COc1ccc(/C=N/N2C(=O)/C(=C\c3c(Cl)cccc3Cl)SC2=S)c(OC)c1. The van der Waals surface area contributed by atoms with E-state index in [4.69, 9.17) is 44.9 Å². The third-order valence-electron chi connectivity index (χ3n) is 3.80. The first-order valence-corrected chi connectivity index (χ1v) is 9.90. The molecule has 9 heteroatoms. The fraction of sp³-hybridized carbons (Fsp3) is 0.105. The Kier molecular flexibility index (Phi) is 6.61. The van der Waals surface area contributed by atoms with Gasteiger partial charge in [0, 0.05) is 27.2 Å². The molecule has 1 amide bonds. The van der Waals surface area contributed by atoms with Crippen molar-refractivity contribution in [2.75, 3.05) is 14.2 Å². The Morgan fingerprint density at radius 2 is 1.86 bits per heavy atom. The Hall–Kier alpha value is -2.06. The van der Waals surface area contributed by atoms with Crippen molar-refractivity contribution in [3.63, 3.8) is 0 Å². The van der Waals surface area contributed by atoms with E-state index in [0.717, 1.165) is 16.8 Å². The first kappa shape index (κ1) is 20.7. The molecule has 0 N–H and O–H groups in total. The number of hydrogen-bond acceptors (Lipinski definition) is 6. The number of ether oxygens (including phenoxy) is 2. The molecule has 0 radical (unpaired) electrons. The van der Waals surface area contributed by atoms with Gasteiger partial charge in [-0.05, 0) is 42.6 Å². The van der Waals surface area contributed by atoms with Crippen LogP contribution in [0, 0.1) is 0 Å². The Bertz CT molecular complexity index is 988. The van der Waals surface area contributed by atoms with Gasteiger partial charge in [-0.25, -0.2) is 0 Å². The van der Waals surface area contributed by atoms with Crippen molar-refractivity contribution in [3.8, 4) is 11.5 Å². The zero-order valence-electron chi connectivity index (χ0n) is 14.8. The Labute approximate surface area is 181 Å². The molecular weight excluding hydrogens is 439 g/mol. The number of thiocarbonyl (C=S) groups is 1. The number of benzene rings is 2. The predicted molar refractivity (Wildman–Crippen MR) is 119 cm³/mol. The summed E-state index contributed by atoms with van der Waals surface area (Å²) >= 11 is 18.8. The number of thioether (sulfide) groups is 1. The van der Waals surface area contributed by atoms with E-state index in [2.05, 4.69) is 5.10 Å². The van der Waals surface area contributed by atoms with Crippen LogP contribution in [0.25, 0.3) is 6.08 Å². The van der Waals surface area contributed by atoms with Gasteiger partial charge in [0.1, 0.15) is 11.5 Å². The van der Waals surface area contributed by atoms with Gasteiger partial charge in [-0.1, -0.05) is 41.0 Å². The Morgan fingerprint density at radius 3 is 2.50 bits per heavy atom. The Morgan fingerprint density at radius 1 is 1.14 bits per heavy atom. The predicted octanol–water partition coefficient (Wildman–Crippen LogP) is 5.25. The van der Waals surface area contributed by atoms with Crippen LogP contribution in [0.1, 0.15) is 11.1 Å². The van der Waals surface area contributed by atoms with E-state index in [1.165, 1.54) is 6.21 Å². The molecule has 0 atom stereocenters. The minimum atomic E-state index is -0.352. The van der Waals surface area contributed by atoms with Crippen LogP contribution in [0.2, 0.25) is 10.0 Å². The molecule has 1 heterocycles. The van der Waals surface area contributed by atoms with Gasteiger partial charge in [-0.2, -0.15) is 10.1 Å². The lowest BCUT2D eigenvalue weighted by Crippen LogP contribution is -2.22. The molecule has 0 spiro atoms. The maximum Gasteiger partial charge on any atom is 0.286 e. The van der Waals surface area contributed by atoms with Crippen LogP contribution in [0.5, 0.6) is 11.5 Å². The number of nitrogens with zero attached hydrogens (tertiary/aromatic N) is 2. The summed E-state index contributed by atoms with van der Waals surface area (Å²) in [7, 11) is 3.11. The van der Waals surface area contributed by atoms with E-state index in [0.29, 0.717) is 41.9 Å². The lowest BCUT2D eigenvalue weighted by atomic mass is 10.2. The molecule has 0 saturated carbocycles. The molecule has 3 rings (SSSR count). The van der Waals surface area contributed by atoms with E-state index >= 15 is 0 Å². The second-order valence-corrected chi connectivity index (χ2v) is 7.97. The maximum atomic E-state index is 12.7. The molecule has 0 aromatic heterocycles. The summed E-state index contributed by atoms with van der Waals surface area (Å²) < 4.78 is 10.8. The number of hydrogen-bond donors (Lipinski definition) is 0. The van der Waals surface area contributed by atoms with E-state index in [9.17, 15) is 4.79 Å². The van der Waals surface area contributed by atoms with Crippen LogP contribution in [-0.4, -0.2) is 35.7 Å². The number of carbonyl (C=O) groups is 1. The topological polar surface area (TPSA) is 51.1 Å². The number of hydrazone groups is 1. The van der Waals surface area contributed by atoms with E-state index in [-0.39, 0.29) is 5.91 Å². The summed E-state index contributed by atoms with van der Waals surface area (Å²) in [6, 6.07) is 10.4. The highest BCUT2D eigenvalue weighted by molar-refractivity contribution is 8.26. The minimum absolute atomic E-state index is 0.308. The summed E-state index contributed by atoms with van der Waals surface area (Å²) in [5.74, 6) is 0.862. The van der Waals surface area contributed by atoms with Crippen LogP contribution in [0.3, 0.4) is 0 Å². The fourth-order valence-corrected chi connectivity index (χ4v) is 4.04. The average molecular weight is 453 g/mol. The van der Waals surface area contributed by atoms with Crippen molar-refractivity contribution in [1.29, 1.82) is 0 Å². The van der Waals surface area contributed by atoms with Gasteiger partial charge in [0.25, 0.3) is 5.91 Å². The quantitative estimate of drug-likeness (QED) is 0.352. The molecule has 1 saturated heterocycles. The molecular formula is C19H14Cl2N2O3S2. The van der Waals surface area contributed by atoms with Crippen LogP contribution in [-0.2, 0) is 4.79 Å². The molecule has 0 bridgehead atoms. The molecule has 144 valence electrons. The van der Waals surface area contributed by atoms with Gasteiger partial charge in [0.2, 0.25) is 0 Å². The standard InChI is InChI=1S/C19H14Cl2N2O3S2/c1-25-12-7-6-11(16(8-12)26-2)10-22-23-18(24)17(28-19(23)27)9-13-14(20)4-3-5-15(13)21/h3-10H,1-2H3/b17-9+,22-10+. The summed E-state index contributed by atoms with van der Waals surface area (Å²) in [4.78, 5) is 13.1. The molecule has 1 aliphatic heterocycles. The smallest absolute Gasteiger partial charge is 0.286 e. The van der Waals surface area contributed by atoms with Crippen molar-refractivity contribution in [3.05, 3.63) is 62.5 Å². The number of carbonyl (C=O) groups excluding carboxylic acids is 1. The third-order valence-corrected chi connectivity index (χ3v) is 5.74. The number of rotatable bonds is 5. The van der Waals surface area contributed by atoms with Crippen molar-refractivity contribution >= 4 is 69.7 Å². The zero-order chi connectivity index (χ0) is 20.3. The second-order valence-electron chi connectivity index (χ2n) is 5.48. The largest absolute Gasteiger partial charge is 0.497 e. The summed E-state index contributed by atoms with van der Waals surface area (Å²) in [6.07, 6.45) is 3.13. The van der Waals surface area contributed by atoms with E-state index in [1.807, 2.05) is 0 Å². The normalized spacial score (nSPS) is 15.7. The first-order chi connectivity index (χ1) is 13.4. The van der Waals surface area contributed by atoms with Crippen LogP contribution in [0.4, 0.5) is 0 Å². The van der Waals surface area contributed by atoms with Crippen molar-refractivity contribution < 1.29 is 14.3 Å². The fourth-order valence-electron chi connectivity index (χ4n) is 2.38. The summed E-state index contributed by atoms with van der Waals surface area (Å²) in [5.41, 5.74) is 1.24. The molecule has 1 aliphatic rings. The molecule has 28 heavy (non-hydrogen) atoms. The highest BCUT2D eigenvalue weighted by Crippen LogP contribution is 2.36. The molecule has 1 fully saturated rings. The highest BCUT2D eigenvalue weighted by Gasteiger charge is 2.32. The third kappa shape index (κ3) is 4.33. The van der Waals surface area contributed by atoms with Crippen molar-refractivity contribution in [2.45, 2.75) is 0 Å². The van der Waals surface area contributed by atoms with E-state index in [1.54, 1.807) is 56.7 Å². The number of halogens is 2. The van der Waals surface area contributed by atoms with Crippen LogP contribution in [0.15, 0.2) is 46.4 Å². The van der Waals surface area contributed by atoms with E-state index < -0.39 is 0 Å². The zero-order valence-corrected chi connectivity index (χ0v) is 18.0. The minimum Gasteiger partial charge on any atom is -0.497 e. The highest BCUT2D eigenvalue weighted by atomic mass is 35.5. The van der Waals surface area contributed by atoms with Gasteiger partial charge in [-0.3, -0.25) is 4.79 Å². The number of methoxy groups -OCH3 is 2. The second kappa shape index (κ2) is 8.96. The molecule has 0 unspecified atom stereocenters. The molecule has 2 aromatic carbocycles. The lowest BCUT2D eigenvalue weighted by molar-refractivity contribution is -0.122. The van der Waals surface area contributed by atoms with Gasteiger partial charge in [-0.15, -0.1) is 0 Å². The monoisotopic (exact) mass is 452 g/mol.